The molecule has 0 unspecified atom stereocenters. The number of nitrogens with two attached hydrogens (primary N) is 1. The highest BCUT2D eigenvalue weighted by atomic mass is 16.5. The van der Waals surface area contributed by atoms with Gasteiger partial charge in [0.25, 0.3) is 0 Å². The number of nitrogen functional groups attached to an aromatic ring is 1. The van der Waals surface area contributed by atoms with Gasteiger partial charge in [-0.05, 0) is 48.1 Å². The minimum Gasteiger partial charge on any atom is -0.494 e. The van der Waals surface area contributed by atoms with Crippen molar-refractivity contribution < 1.29 is 4.74 Å². The summed E-state index contributed by atoms with van der Waals surface area (Å²) < 4.78 is 8.09. The van der Waals surface area contributed by atoms with Crippen molar-refractivity contribution in [2.45, 2.75) is 59.9 Å². The van der Waals surface area contributed by atoms with E-state index in [2.05, 4.69) is 62.6 Å². The average Bonchev–Trinajstić information content (AvgIpc) is 3.14. The number of unbranched alkanes of at least 4 members (excludes halogenated alkanes) is 1. The molecule has 2 heterocycles. The van der Waals surface area contributed by atoms with E-state index in [4.69, 9.17) is 20.4 Å². The van der Waals surface area contributed by atoms with Crippen LogP contribution in [0.5, 0.6) is 5.75 Å². The van der Waals surface area contributed by atoms with Crippen LogP contribution in [0.15, 0.2) is 42.5 Å². The molecule has 0 aliphatic rings. The van der Waals surface area contributed by atoms with Crippen molar-refractivity contribution in [2.24, 2.45) is 5.92 Å². The van der Waals surface area contributed by atoms with Gasteiger partial charge < -0.3 is 15.0 Å². The topological polar surface area (TPSA) is 66.0 Å². The Labute approximate surface area is 190 Å². The molecule has 0 aliphatic heterocycles. The second kappa shape index (κ2) is 9.60. The molecule has 168 valence electrons. The van der Waals surface area contributed by atoms with Gasteiger partial charge in [0.2, 0.25) is 0 Å². The third-order valence-corrected chi connectivity index (χ3v) is 5.75. The predicted molar refractivity (Wildman–Crippen MR) is 134 cm³/mol. The van der Waals surface area contributed by atoms with Gasteiger partial charge in [-0.25, -0.2) is 9.97 Å². The van der Waals surface area contributed by atoms with Crippen LogP contribution in [0.1, 0.15) is 52.8 Å². The molecule has 32 heavy (non-hydrogen) atoms. The molecule has 0 saturated heterocycles. The Kier molecular flexibility index (Phi) is 6.63. The highest BCUT2D eigenvalue weighted by Gasteiger charge is 2.18. The zero-order valence-electron chi connectivity index (χ0n) is 19.7. The lowest BCUT2D eigenvalue weighted by Crippen LogP contribution is -2.09. The van der Waals surface area contributed by atoms with Gasteiger partial charge in [-0.1, -0.05) is 58.4 Å². The number of pyridine rings is 1. The first-order valence-electron chi connectivity index (χ1n) is 11.8. The first kappa shape index (κ1) is 22.1. The van der Waals surface area contributed by atoms with Crippen LogP contribution in [0.25, 0.3) is 33.1 Å². The lowest BCUT2D eigenvalue weighted by molar-refractivity contribution is 0.317. The van der Waals surface area contributed by atoms with Crippen molar-refractivity contribution >= 4 is 27.8 Å². The molecule has 0 saturated carbocycles. The number of rotatable bonds is 9. The molecule has 0 radical (unpaired) electrons. The molecular formula is C27H34N4O. The van der Waals surface area contributed by atoms with E-state index in [-0.39, 0.29) is 0 Å². The van der Waals surface area contributed by atoms with Crippen LogP contribution in [0.3, 0.4) is 0 Å². The molecule has 2 N–H and O–H groups in total. The van der Waals surface area contributed by atoms with Crippen LogP contribution in [0.2, 0.25) is 0 Å². The molecule has 4 rings (SSSR count). The van der Waals surface area contributed by atoms with E-state index in [0.29, 0.717) is 11.7 Å². The fourth-order valence-electron chi connectivity index (χ4n) is 4.19. The summed E-state index contributed by atoms with van der Waals surface area (Å²) in [6, 6.07) is 14.7. The van der Waals surface area contributed by atoms with Crippen LogP contribution in [-0.4, -0.2) is 21.1 Å². The van der Waals surface area contributed by atoms with Crippen LogP contribution >= 0.6 is 0 Å². The highest BCUT2D eigenvalue weighted by Crippen LogP contribution is 2.33. The summed E-state index contributed by atoms with van der Waals surface area (Å²) in [6.07, 6.45) is 4.23. The maximum Gasteiger partial charge on any atom is 0.152 e. The Morgan fingerprint density at radius 1 is 0.969 bits per heavy atom. The first-order valence-corrected chi connectivity index (χ1v) is 11.8. The van der Waals surface area contributed by atoms with Crippen molar-refractivity contribution in [3.8, 4) is 16.9 Å². The van der Waals surface area contributed by atoms with Crippen molar-refractivity contribution in [3.05, 3.63) is 48.3 Å². The zero-order chi connectivity index (χ0) is 22.7. The van der Waals surface area contributed by atoms with E-state index < -0.39 is 0 Å². The Morgan fingerprint density at radius 2 is 1.72 bits per heavy atom. The summed E-state index contributed by atoms with van der Waals surface area (Å²) >= 11 is 0. The second-order valence-electron chi connectivity index (χ2n) is 8.94. The molecule has 0 bridgehead atoms. The number of aryl methyl sites for hydroxylation is 1. The van der Waals surface area contributed by atoms with Gasteiger partial charge in [0, 0.05) is 18.4 Å². The Morgan fingerprint density at radius 3 is 2.41 bits per heavy atom. The second-order valence-corrected chi connectivity index (χ2v) is 8.94. The first-order chi connectivity index (χ1) is 15.5. The van der Waals surface area contributed by atoms with E-state index in [1.165, 1.54) is 0 Å². The molecule has 4 aromatic rings. The molecule has 5 nitrogen and oxygen atoms in total. The van der Waals surface area contributed by atoms with Gasteiger partial charge in [0.1, 0.15) is 17.1 Å². The minimum absolute atomic E-state index is 0.508. The number of benzene rings is 2. The predicted octanol–water partition coefficient (Wildman–Crippen LogP) is 6.62. The average molecular weight is 431 g/mol. The van der Waals surface area contributed by atoms with E-state index in [0.717, 1.165) is 83.5 Å². The number of nitrogens with zero attached hydrogens (tertiary/aromatic N) is 3. The number of hydrogen-bond acceptors (Lipinski definition) is 4. The zero-order valence-corrected chi connectivity index (χ0v) is 19.7. The number of anilines is 1. The SMILES string of the molecule is CCCCc1nc2c(N)nc3cc(-c4ccc(OCCC)cc4)ccc3c2n1CC(C)C. The Balaban J connectivity index is 1.81. The van der Waals surface area contributed by atoms with Crippen LogP contribution in [0.4, 0.5) is 5.82 Å². The van der Waals surface area contributed by atoms with Crippen molar-refractivity contribution in [2.75, 3.05) is 12.3 Å². The summed E-state index contributed by atoms with van der Waals surface area (Å²) in [5.41, 5.74) is 11.5. The Hall–Kier alpha value is -3.08. The quantitative estimate of drug-likeness (QED) is 0.324. The van der Waals surface area contributed by atoms with E-state index in [1.54, 1.807) is 0 Å². The molecule has 5 heteroatoms. The third-order valence-electron chi connectivity index (χ3n) is 5.75. The largest absolute Gasteiger partial charge is 0.494 e. The summed E-state index contributed by atoms with van der Waals surface area (Å²) in [5.74, 6) is 3.04. The van der Waals surface area contributed by atoms with Crippen LogP contribution in [0, 0.1) is 5.92 Å². The summed E-state index contributed by atoms with van der Waals surface area (Å²) in [4.78, 5) is 9.67. The molecular weight excluding hydrogens is 396 g/mol. The standard InChI is InChI=1S/C27H34N4O/c1-5-7-8-24-30-25-26(31(24)17-18(3)4)22-14-11-20(16-23(22)29-27(25)28)19-9-12-21(13-10-19)32-15-6-2/h9-14,16,18H,5-8,15,17H2,1-4H3,(H2,28,29). The van der Waals surface area contributed by atoms with Gasteiger partial charge in [-0.2, -0.15) is 0 Å². The monoisotopic (exact) mass is 430 g/mol. The van der Waals surface area contributed by atoms with Gasteiger partial charge in [-0.15, -0.1) is 0 Å². The molecule has 0 spiro atoms. The minimum atomic E-state index is 0.508. The normalized spacial score (nSPS) is 11.7. The Bertz CT molecular complexity index is 1210. The van der Waals surface area contributed by atoms with Crippen LogP contribution < -0.4 is 10.5 Å². The van der Waals surface area contributed by atoms with E-state index in [1.807, 2.05) is 12.1 Å². The molecule has 2 aromatic heterocycles. The maximum atomic E-state index is 6.42. The van der Waals surface area contributed by atoms with Crippen molar-refractivity contribution in [1.29, 1.82) is 0 Å². The summed E-state index contributed by atoms with van der Waals surface area (Å²) in [6.45, 7) is 10.5. The molecule has 0 aliphatic carbocycles. The number of aromatic nitrogens is 3. The summed E-state index contributed by atoms with van der Waals surface area (Å²) in [7, 11) is 0. The number of imidazole rings is 1. The van der Waals surface area contributed by atoms with Gasteiger partial charge in [0.15, 0.2) is 5.82 Å². The number of ether oxygens (including phenoxy) is 1. The third kappa shape index (κ3) is 4.43. The number of fused-ring (bicyclic) bond motifs is 3. The van der Waals surface area contributed by atoms with E-state index >= 15 is 0 Å². The molecule has 0 amide bonds. The molecule has 0 fully saturated rings. The fraction of sp³-hybridized carbons (Fsp3) is 0.407. The van der Waals surface area contributed by atoms with Crippen molar-refractivity contribution in [3.63, 3.8) is 0 Å². The maximum absolute atomic E-state index is 6.42. The van der Waals surface area contributed by atoms with E-state index in [9.17, 15) is 0 Å². The number of hydrogen-bond donors (Lipinski definition) is 1. The molecule has 2 aromatic carbocycles. The fourth-order valence-corrected chi connectivity index (χ4v) is 4.19. The van der Waals surface area contributed by atoms with Gasteiger partial charge >= 0.3 is 0 Å². The van der Waals surface area contributed by atoms with Crippen LogP contribution in [-0.2, 0) is 13.0 Å². The lowest BCUT2D eigenvalue weighted by Gasteiger charge is -2.13. The van der Waals surface area contributed by atoms with Gasteiger partial charge in [0.05, 0.1) is 17.6 Å². The molecule has 0 atom stereocenters. The summed E-state index contributed by atoms with van der Waals surface area (Å²) in [5, 5.41) is 1.11. The van der Waals surface area contributed by atoms with Gasteiger partial charge in [-0.3, -0.25) is 0 Å². The lowest BCUT2D eigenvalue weighted by atomic mass is 10.0. The van der Waals surface area contributed by atoms with Crippen molar-refractivity contribution in [1.82, 2.24) is 14.5 Å². The smallest absolute Gasteiger partial charge is 0.152 e. The highest BCUT2D eigenvalue weighted by molar-refractivity contribution is 6.07.